The summed E-state index contributed by atoms with van der Waals surface area (Å²) < 4.78 is 4.89. The summed E-state index contributed by atoms with van der Waals surface area (Å²) in [4.78, 5) is 21.6. The van der Waals surface area contributed by atoms with Crippen molar-refractivity contribution in [1.82, 2.24) is 5.16 Å². The average molecular weight is 183 g/mol. The summed E-state index contributed by atoms with van der Waals surface area (Å²) >= 11 is 0. The first-order valence-corrected chi connectivity index (χ1v) is 4.10. The second-order valence-electron chi connectivity index (χ2n) is 3.20. The zero-order chi connectivity index (χ0) is 9.42. The van der Waals surface area contributed by atoms with Gasteiger partial charge in [-0.15, -0.1) is 0 Å². The van der Waals surface area contributed by atoms with Crippen LogP contribution in [0, 0.1) is 0 Å². The van der Waals surface area contributed by atoms with Crippen molar-refractivity contribution >= 4 is 5.97 Å². The Bertz CT molecular complexity index is 389. The Balaban J connectivity index is 2.31. The summed E-state index contributed by atoms with van der Waals surface area (Å²) in [6, 6.07) is 0. The molecule has 0 radical (unpaired) electrons. The van der Waals surface area contributed by atoms with Gasteiger partial charge in [0.2, 0.25) is 0 Å². The van der Waals surface area contributed by atoms with Crippen molar-refractivity contribution in [3.63, 3.8) is 0 Å². The first kappa shape index (κ1) is 8.10. The summed E-state index contributed by atoms with van der Waals surface area (Å²) in [6.45, 7) is 0. The van der Waals surface area contributed by atoms with Gasteiger partial charge in [0.25, 0.3) is 5.56 Å². The van der Waals surface area contributed by atoms with Crippen LogP contribution < -0.4 is 5.56 Å². The molecule has 0 aromatic carbocycles. The van der Waals surface area contributed by atoms with E-state index in [0.29, 0.717) is 24.2 Å². The van der Waals surface area contributed by atoms with Crippen molar-refractivity contribution in [3.8, 4) is 0 Å². The Morgan fingerprint density at radius 2 is 2.46 bits per heavy atom. The SMILES string of the molecule is O=C(O)CC1CCc2o[nH]c(=O)c21. The van der Waals surface area contributed by atoms with Gasteiger partial charge < -0.3 is 9.63 Å². The number of nitrogens with one attached hydrogen (secondary N) is 1. The minimum atomic E-state index is -0.876. The lowest BCUT2D eigenvalue weighted by Gasteiger charge is -2.02. The first-order valence-electron chi connectivity index (χ1n) is 4.10. The lowest BCUT2D eigenvalue weighted by molar-refractivity contribution is -0.137. The third-order valence-corrected chi connectivity index (χ3v) is 2.36. The largest absolute Gasteiger partial charge is 0.481 e. The van der Waals surface area contributed by atoms with Gasteiger partial charge in [-0.2, -0.15) is 5.16 Å². The monoisotopic (exact) mass is 183 g/mol. The normalized spacial score (nSPS) is 20.2. The number of H-pyrrole nitrogens is 1. The fourth-order valence-corrected chi connectivity index (χ4v) is 1.81. The van der Waals surface area contributed by atoms with Crippen LogP contribution in [0.5, 0.6) is 0 Å². The molecular weight excluding hydrogens is 174 g/mol. The zero-order valence-corrected chi connectivity index (χ0v) is 6.87. The minimum absolute atomic E-state index is 0.00954. The molecule has 1 aromatic heterocycles. The van der Waals surface area contributed by atoms with Gasteiger partial charge in [-0.25, -0.2) is 0 Å². The number of carboxylic acids is 1. The van der Waals surface area contributed by atoms with Gasteiger partial charge in [-0.1, -0.05) is 0 Å². The summed E-state index contributed by atoms with van der Waals surface area (Å²) in [5.41, 5.74) is 0.251. The van der Waals surface area contributed by atoms with Gasteiger partial charge in [-0.05, 0) is 6.42 Å². The van der Waals surface area contributed by atoms with Gasteiger partial charge in [0.05, 0.1) is 12.0 Å². The lowest BCUT2D eigenvalue weighted by atomic mass is 10.0. The van der Waals surface area contributed by atoms with Gasteiger partial charge in [-0.3, -0.25) is 9.59 Å². The van der Waals surface area contributed by atoms with Crippen LogP contribution in [0.3, 0.4) is 0 Å². The molecule has 0 aliphatic heterocycles. The van der Waals surface area contributed by atoms with Crippen LogP contribution in [-0.4, -0.2) is 16.2 Å². The van der Waals surface area contributed by atoms with Crippen LogP contribution in [0.1, 0.15) is 30.1 Å². The number of carboxylic acid groups (broad SMARTS) is 1. The quantitative estimate of drug-likeness (QED) is 0.698. The molecule has 1 aliphatic rings. The van der Waals surface area contributed by atoms with E-state index in [1.54, 1.807) is 0 Å². The van der Waals surface area contributed by atoms with Crippen LogP contribution >= 0.6 is 0 Å². The molecule has 5 nitrogen and oxygen atoms in total. The molecule has 1 atom stereocenters. The predicted molar refractivity (Wildman–Crippen MR) is 42.6 cm³/mol. The maximum absolute atomic E-state index is 11.2. The van der Waals surface area contributed by atoms with Gasteiger partial charge in [0.15, 0.2) is 0 Å². The Labute approximate surface area is 73.3 Å². The molecule has 0 saturated carbocycles. The van der Waals surface area contributed by atoms with E-state index in [2.05, 4.69) is 5.16 Å². The Hall–Kier alpha value is -1.52. The molecule has 70 valence electrons. The number of hydrogen-bond donors (Lipinski definition) is 2. The number of aliphatic carboxylic acids is 1. The standard InChI is InChI=1S/C8H9NO4/c10-6(11)3-4-1-2-5-7(4)8(12)9-13-5/h4H,1-3H2,(H,9,12)(H,10,11). The number of aryl methyl sites for hydroxylation is 1. The van der Waals surface area contributed by atoms with E-state index in [1.807, 2.05) is 0 Å². The molecule has 0 bridgehead atoms. The molecule has 2 rings (SSSR count). The van der Waals surface area contributed by atoms with Crippen LogP contribution in [0.25, 0.3) is 0 Å². The van der Waals surface area contributed by atoms with Gasteiger partial charge in [0.1, 0.15) is 5.76 Å². The van der Waals surface area contributed by atoms with Crippen molar-refractivity contribution in [3.05, 3.63) is 21.7 Å². The van der Waals surface area contributed by atoms with E-state index in [-0.39, 0.29) is 17.9 Å². The number of aromatic amines is 1. The highest BCUT2D eigenvalue weighted by Gasteiger charge is 2.30. The number of fused-ring (bicyclic) bond motifs is 1. The average Bonchev–Trinajstić information content (AvgIpc) is 2.56. The minimum Gasteiger partial charge on any atom is -0.481 e. The Kier molecular flexibility index (Phi) is 1.72. The maximum Gasteiger partial charge on any atom is 0.303 e. The highest BCUT2D eigenvalue weighted by molar-refractivity contribution is 5.68. The number of rotatable bonds is 2. The van der Waals surface area contributed by atoms with Crippen LogP contribution in [0.4, 0.5) is 0 Å². The molecule has 0 fully saturated rings. The van der Waals surface area contributed by atoms with Crippen LogP contribution in [0.2, 0.25) is 0 Å². The first-order chi connectivity index (χ1) is 6.18. The second kappa shape index (κ2) is 2.76. The van der Waals surface area contributed by atoms with Crippen molar-refractivity contribution in [2.75, 3.05) is 0 Å². The summed E-state index contributed by atoms with van der Waals surface area (Å²) in [6.07, 6.45) is 1.37. The van der Waals surface area contributed by atoms with E-state index in [9.17, 15) is 9.59 Å². The molecule has 5 heteroatoms. The Morgan fingerprint density at radius 3 is 3.15 bits per heavy atom. The van der Waals surface area contributed by atoms with Gasteiger partial charge in [0, 0.05) is 12.3 Å². The fraction of sp³-hybridized carbons (Fsp3) is 0.500. The van der Waals surface area contributed by atoms with Crippen LogP contribution in [0.15, 0.2) is 9.32 Å². The van der Waals surface area contributed by atoms with E-state index in [0.717, 1.165) is 0 Å². The van der Waals surface area contributed by atoms with Crippen molar-refractivity contribution < 1.29 is 14.4 Å². The van der Waals surface area contributed by atoms with E-state index >= 15 is 0 Å². The van der Waals surface area contributed by atoms with Gasteiger partial charge >= 0.3 is 5.97 Å². The zero-order valence-electron chi connectivity index (χ0n) is 6.87. The third kappa shape index (κ3) is 1.26. The number of aromatic nitrogens is 1. The highest BCUT2D eigenvalue weighted by atomic mass is 16.5. The molecule has 13 heavy (non-hydrogen) atoms. The molecule has 1 heterocycles. The van der Waals surface area contributed by atoms with Crippen molar-refractivity contribution in [2.24, 2.45) is 0 Å². The molecule has 1 unspecified atom stereocenters. The lowest BCUT2D eigenvalue weighted by Crippen LogP contribution is -2.11. The van der Waals surface area contributed by atoms with Crippen LogP contribution in [-0.2, 0) is 11.2 Å². The number of carbonyl (C=O) groups is 1. The summed E-state index contributed by atoms with van der Waals surface area (Å²) in [5, 5.41) is 10.8. The molecule has 0 amide bonds. The molecule has 1 aromatic rings. The highest BCUT2D eigenvalue weighted by Crippen LogP contribution is 2.32. The smallest absolute Gasteiger partial charge is 0.303 e. The van der Waals surface area contributed by atoms with Crippen molar-refractivity contribution in [1.29, 1.82) is 0 Å². The molecule has 1 aliphatic carbocycles. The summed E-state index contributed by atoms with van der Waals surface area (Å²) in [7, 11) is 0. The molecular formula is C8H9NO4. The van der Waals surface area contributed by atoms with E-state index in [1.165, 1.54) is 0 Å². The third-order valence-electron chi connectivity index (χ3n) is 2.36. The number of hydrogen-bond acceptors (Lipinski definition) is 3. The maximum atomic E-state index is 11.2. The molecule has 0 spiro atoms. The Morgan fingerprint density at radius 1 is 1.69 bits per heavy atom. The van der Waals surface area contributed by atoms with E-state index in [4.69, 9.17) is 9.63 Å². The summed E-state index contributed by atoms with van der Waals surface area (Å²) in [5.74, 6) is -0.426. The molecule has 2 N–H and O–H groups in total. The predicted octanol–water partition coefficient (Wildman–Crippen LogP) is 0.472. The van der Waals surface area contributed by atoms with Crippen molar-refractivity contribution in [2.45, 2.75) is 25.2 Å². The van der Waals surface area contributed by atoms with E-state index < -0.39 is 5.97 Å². The fourth-order valence-electron chi connectivity index (χ4n) is 1.81. The topological polar surface area (TPSA) is 83.3 Å². The molecule has 0 saturated heterocycles. The second-order valence-corrected chi connectivity index (χ2v) is 3.20.